The second-order valence-electron chi connectivity index (χ2n) is 7.51. The van der Waals surface area contributed by atoms with Crippen LogP contribution in [0.1, 0.15) is 65.7 Å². The predicted molar refractivity (Wildman–Crippen MR) is 71.7 cm³/mol. The largest absolute Gasteiger partial charge is 0.389 e. The van der Waals surface area contributed by atoms with Gasteiger partial charge >= 0.3 is 0 Å². The summed E-state index contributed by atoms with van der Waals surface area (Å²) in [6.07, 6.45) is 7.80. The first-order valence-electron chi connectivity index (χ1n) is 7.25. The van der Waals surface area contributed by atoms with Gasteiger partial charge < -0.3 is 10.8 Å². The zero-order valence-corrected chi connectivity index (χ0v) is 11.8. The van der Waals surface area contributed by atoms with Gasteiger partial charge in [-0.25, -0.2) is 0 Å². The van der Waals surface area contributed by atoms with Crippen molar-refractivity contribution in [1.82, 2.24) is 0 Å². The zero-order chi connectivity index (χ0) is 12.7. The van der Waals surface area contributed by atoms with Crippen molar-refractivity contribution in [2.24, 2.45) is 22.5 Å². The molecular weight excluding hydrogens is 210 g/mol. The molecule has 2 heteroatoms. The third-order valence-electron chi connectivity index (χ3n) is 5.73. The van der Waals surface area contributed by atoms with E-state index in [2.05, 4.69) is 20.8 Å². The maximum absolute atomic E-state index is 10.9. The lowest BCUT2D eigenvalue weighted by Gasteiger charge is -2.56. The van der Waals surface area contributed by atoms with E-state index in [-0.39, 0.29) is 5.41 Å². The fourth-order valence-electron chi connectivity index (χ4n) is 3.95. The fourth-order valence-corrected chi connectivity index (χ4v) is 3.95. The van der Waals surface area contributed by atoms with Gasteiger partial charge in [-0.15, -0.1) is 0 Å². The molecule has 100 valence electrons. The van der Waals surface area contributed by atoms with Crippen LogP contribution in [0.3, 0.4) is 0 Å². The quantitative estimate of drug-likeness (QED) is 0.778. The molecule has 0 atom stereocenters. The van der Waals surface area contributed by atoms with Crippen molar-refractivity contribution >= 4 is 0 Å². The average Bonchev–Trinajstić information content (AvgIpc) is 2.15. The Morgan fingerprint density at radius 1 is 1.12 bits per heavy atom. The summed E-state index contributed by atoms with van der Waals surface area (Å²) in [5.41, 5.74) is 5.94. The number of hydrogen-bond donors (Lipinski definition) is 2. The molecule has 3 N–H and O–H groups in total. The Morgan fingerprint density at radius 3 is 1.94 bits per heavy atom. The molecule has 2 saturated carbocycles. The van der Waals surface area contributed by atoms with Crippen LogP contribution in [0.4, 0.5) is 0 Å². The molecule has 0 aromatic rings. The van der Waals surface area contributed by atoms with Crippen LogP contribution in [-0.4, -0.2) is 17.3 Å². The second-order valence-corrected chi connectivity index (χ2v) is 7.51. The van der Waals surface area contributed by atoms with Gasteiger partial charge in [0.2, 0.25) is 0 Å². The number of aliphatic hydroxyl groups is 1. The van der Waals surface area contributed by atoms with E-state index in [1.165, 1.54) is 19.3 Å². The fraction of sp³-hybridized carbons (Fsp3) is 1.00. The molecule has 0 aliphatic heterocycles. The predicted octanol–water partition coefficient (Wildman–Crippen LogP) is 3.08. The lowest BCUT2D eigenvalue weighted by atomic mass is 9.53. The molecule has 0 radical (unpaired) electrons. The van der Waals surface area contributed by atoms with Crippen LogP contribution in [-0.2, 0) is 0 Å². The van der Waals surface area contributed by atoms with Gasteiger partial charge in [-0.1, -0.05) is 27.2 Å². The molecule has 2 aliphatic carbocycles. The lowest BCUT2D eigenvalue weighted by molar-refractivity contribution is -0.153. The van der Waals surface area contributed by atoms with Crippen molar-refractivity contribution < 1.29 is 5.11 Å². The normalized spacial score (nSPS) is 37.6. The highest BCUT2D eigenvalue weighted by molar-refractivity contribution is 5.06. The van der Waals surface area contributed by atoms with E-state index >= 15 is 0 Å². The molecule has 2 nitrogen and oxygen atoms in total. The molecule has 0 heterocycles. The topological polar surface area (TPSA) is 46.2 Å². The molecule has 0 unspecified atom stereocenters. The highest BCUT2D eigenvalue weighted by Crippen LogP contribution is 2.55. The second kappa shape index (κ2) is 4.24. The first kappa shape index (κ1) is 13.4. The minimum atomic E-state index is -0.457. The molecule has 2 fully saturated rings. The smallest absolute Gasteiger partial charge is 0.0716 e. The molecule has 0 saturated heterocycles. The van der Waals surface area contributed by atoms with E-state index in [1.807, 2.05) is 0 Å². The molecular formula is C15H29NO. The van der Waals surface area contributed by atoms with Crippen molar-refractivity contribution in [1.29, 1.82) is 0 Å². The van der Waals surface area contributed by atoms with Crippen molar-refractivity contribution in [2.75, 3.05) is 6.54 Å². The summed E-state index contributed by atoms with van der Waals surface area (Å²) in [5, 5.41) is 10.9. The van der Waals surface area contributed by atoms with Crippen LogP contribution in [0.15, 0.2) is 0 Å². The monoisotopic (exact) mass is 239 g/mol. The minimum absolute atomic E-state index is 0.0653. The van der Waals surface area contributed by atoms with E-state index in [0.717, 1.165) is 31.6 Å². The summed E-state index contributed by atoms with van der Waals surface area (Å²) < 4.78 is 0. The molecule has 0 aromatic heterocycles. The summed E-state index contributed by atoms with van der Waals surface area (Å²) >= 11 is 0. The molecule has 17 heavy (non-hydrogen) atoms. The first-order valence-corrected chi connectivity index (χ1v) is 7.25. The van der Waals surface area contributed by atoms with Crippen LogP contribution >= 0.6 is 0 Å². The van der Waals surface area contributed by atoms with Crippen LogP contribution in [0, 0.1) is 16.7 Å². The van der Waals surface area contributed by atoms with Crippen molar-refractivity contribution in [2.45, 2.75) is 71.3 Å². The highest BCUT2D eigenvalue weighted by atomic mass is 16.3. The van der Waals surface area contributed by atoms with Gasteiger partial charge in [0.05, 0.1) is 5.60 Å². The third-order valence-corrected chi connectivity index (χ3v) is 5.73. The Morgan fingerprint density at radius 2 is 1.65 bits per heavy atom. The summed E-state index contributed by atoms with van der Waals surface area (Å²) in [4.78, 5) is 0. The van der Waals surface area contributed by atoms with Gasteiger partial charge in [-0.3, -0.25) is 0 Å². The molecule has 0 aromatic carbocycles. The van der Waals surface area contributed by atoms with Crippen molar-refractivity contribution in [3.05, 3.63) is 0 Å². The Balaban J connectivity index is 2.02. The number of hydrogen-bond acceptors (Lipinski definition) is 2. The molecule has 0 amide bonds. The van der Waals surface area contributed by atoms with E-state index in [4.69, 9.17) is 5.73 Å². The minimum Gasteiger partial charge on any atom is -0.389 e. The Labute approximate surface area is 106 Å². The maximum Gasteiger partial charge on any atom is 0.0716 e. The number of nitrogens with two attached hydrogens (primary N) is 1. The van der Waals surface area contributed by atoms with Crippen molar-refractivity contribution in [3.63, 3.8) is 0 Å². The van der Waals surface area contributed by atoms with Gasteiger partial charge in [0.1, 0.15) is 0 Å². The third kappa shape index (κ3) is 2.15. The van der Waals surface area contributed by atoms with Crippen LogP contribution < -0.4 is 5.73 Å². The molecule has 0 spiro atoms. The van der Waals surface area contributed by atoms with Gasteiger partial charge in [0.25, 0.3) is 0 Å². The Hall–Kier alpha value is -0.0800. The molecule has 0 bridgehead atoms. The summed E-state index contributed by atoms with van der Waals surface area (Å²) in [7, 11) is 0. The van der Waals surface area contributed by atoms with E-state index in [9.17, 15) is 5.11 Å². The summed E-state index contributed by atoms with van der Waals surface area (Å²) in [6.45, 7) is 7.64. The zero-order valence-electron chi connectivity index (χ0n) is 11.8. The number of rotatable bonds is 2. The summed E-state index contributed by atoms with van der Waals surface area (Å²) in [5.74, 6) is 0.762. The maximum atomic E-state index is 10.9. The van der Waals surface area contributed by atoms with Crippen molar-refractivity contribution in [3.8, 4) is 0 Å². The van der Waals surface area contributed by atoms with Gasteiger partial charge in [-0.2, -0.15) is 0 Å². The highest BCUT2D eigenvalue weighted by Gasteiger charge is 2.54. The van der Waals surface area contributed by atoms with Gasteiger partial charge in [0.15, 0.2) is 0 Å². The van der Waals surface area contributed by atoms with Gasteiger partial charge in [0, 0.05) is 12.0 Å². The van der Waals surface area contributed by atoms with Crippen LogP contribution in [0.2, 0.25) is 0 Å². The van der Waals surface area contributed by atoms with E-state index < -0.39 is 5.60 Å². The molecule has 2 rings (SSSR count). The standard InChI is InChI=1S/C15H29NO/c1-13(2,3)12-5-9-15(17,10-6-12)14(11-16)7-4-8-14/h12,17H,4-11,16H2,1-3H3. The average molecular weight is 239 g/mol. The Kier molecular flexibility index (Phi) is 3.33. The summed E-state index contributed by atoms with van der Waals surface area (Å²) in [6, 6.07) is 0. The Bertz CT molecular complexity index is 262. The lowest BCUT2D eigenvalue weighted by Crippen LogP contribution is -2.58. The van der Waals surface area contributed by atoms with Crippen LogP contribution in [0.25, 0.3) is 0 Å². The molecule has 2 aliphatic rings. The SMILES string of the molecule is CC(C)(C)C1CCC(O)(C2(CN)CCC2)CC1. The van der Waals surface area contributed by atoms with E-state index in [0.29, 0.717) is 12.0 Å². The first-order chi connectivity index (χ1) is 7.83. The van der Waals surface area contributed by atoms with Crippen LogP contribution in [0.5, 0.6) is 0 Å². The van der Waals surface area contributed by atoms with Gasteiger partial charge in [-0.05, 0) is 49.9 Å². The van der Waals surface area contributed by atoms with E-state index in [1.54, 1.807) is 0 Å².